The van der Waals surface area contributed by atoms with E-state index < -0.39 is 0 Å². The van der Waals surface area contributed by atoms with Gasteiger partial charge in [0.2, 0.25) is 0 Å². The SMILES string of the molecule is CCN(C(=O)COc1c(C)cccc1C)c1ccccc1. The van der Waals surface area contributed by atoms with Crippen molar-refractivity contribution < 1.29 is 9.53 Å². The normalized spacial score (nSPS) is 10.2. The largest absolute Gasteiger partial charge is 0.483 e. The molecule has 0 aromatic heterocycles. The predicted octanol–water partition coefficient (Wildman–Crippen LogP) is 3.74. The molecule has 0 aliphatic rings. The van der Waals surface area contributed by atoms with Gasteiger partial charge < -0.3 is 9.64 Å². The van der Waals surface area contributed by atoms with Crippen LogP contribution in [0.5, 0.6) is 5.75 Å². The maximum Gasteiger partial charge on any atom is 0.264 e. The molecular weight excluding hydrogens is 262 g/mol. The summed E-state index contributed by atoms with van der Waals surface area (Å²) in [6.45, 7) is 6.61. The van der Waals surface area contributed by atoms with Crippen molar-refractivity contribution in [2.75, 3.05) is 18.1 Å². The van der Waals surface area contributed by atoms with Crippen LogP contribution in [0, 0.1) is 13.8 Å². The van der Waals surface area contributed by atoms with E-state index in [9.17, 15) is 4.79 Å². The van der Waals surface area contributed by atoms with Crippen molar-refractivity contribution >= 4 is 11.6 Å². The Morgan fingerprint density at radius 3 is 2.19 bits per heavy atom. The minimum absolute atomic E-state index is 0.0358. The van der Waals surface area contributed by atoms with E-state index in [-0.39, 0.29) is 12.5 Å². The third kappa shape index (κ3) is 3.63. The van der Waals surface area contributed by atoms with Gasteiger partial charge in [-0.1, -0.05) is 36.4 Å². The summed E-state index contributed by atoms with van der Waals surface area (Å²) < 4.78 is 5.74. The van der Waals surface area contributed by atoms with Crippen LogP contribution in [0.25, 0.3) is 0 Å². The van der Waals surface area contributed by atoms with Crippen molar-refractivity contribution in [3.63, 3.8) is 0 Å². The molecule has 2 rings (SSSR count). The number of likely N-dealkylation sites (N-methyl/N-ethyl adjacent to an activating group) is 1. The average molecular weight is 283 g/mol. The summed E-state index contributed by atoms with van der Waals surface area (Å²) in [4.78, 5) is 14.1. The van der Waals surface area contributed by atoms with Crippen LogP contribution >= 0.6 is 0 Å². The molecule has 0 heterocycles. The third-order valence-corrected chi connectivity index (χ3v) is 3.43. The van der Waals surface area contributed by atoms with E-state index in [2.05, 4.69) is 0 Å². The van der Waals surface area contributed by atoms with Crippen molar-refractivity contribution in [2.45, 2.75) is 20.8 Å². The van der Waals surface area contributed by atoms with Crippen molar-refractivity contribution in [2.24, 2.45) is 0 Å². The molecule has 0 bridgehead atoms. The molecule has 2 aromatic rings. The fourth-order valence-corrected chi connectivity index (χ4v) is 2.35. The predicted molar refractivity (Wildman–Crippen MR) is 85.9 cm³/mol. The zero-order valence-electron chi connectivity index (χ0n) is 12.8. The van der Waals surface area contributed by atoms with Crippen LogP contribution in [0.4, 0.5) is 5.69 Å². The van der Waals surface area contributed by atoms with Crippen LogP contribution in [0.1, 0.15) is 18.1 Å². The summed E-state index contributed by atoms with van der Waals surface area (Å²) in [5.41, 5.74) is 2.99. The average Bonchev–Trinajstić information content (AvgIpc) is 2.48. The standard InChI is InChI=1S/C18H21NO2/c1-4-19(16-11-6-5-7-12-16)17(20)13-21-18-14(2)9-8-10-15(18)3/h5-12H,4,13H2,1-3H3. The Balaban J connectivity index is 2.07. The molecule has 110 valence electrons. The molecule has 0 saturated heterocycles. The second-order valence-electron chi connectivity index (χ2n) is 4.98. The number of aryl methyl sites for hydroxylation is 2. The Bertz CT molecular complexity index is 588. The fourth-order valence-electron chi connectivity index (χ4n) is 2.35. The highest BCUT2D eigenvalue weighted by Gasteiger charge is 2.15. The molecule has 0 radical (unpaired) electrons. The van der Waals surface area contributed by atoms with Crippen molar-refractivity contribution in [1.29, 1.82) is 0 Å². The number of para-hydroxylation sites is 2. The fraction of sp³-hybridized carbons (Fsp3) is 0.278. The Hall–Kier alpha value is -2.29. The van der Waals surface area contributed by atoms with Gasteiger partial charge in [0.05, 0.1) is 0 Å². The molecule has 0 spiro atoms. The van der Waals surface area contributed by atoms with Gasteiger partial charge in [-0.05, 0) is 44.0 Å². The zero-order chi connectivity index (χ0) is 15.2. The van der Waals surface area contributed by atoms with E-state index in [0.717, 1.165) is 22.6 Å². The molecular formula is C18H21NO2. The molecule has 0 N–H and O–H groups in total. The molecule has 0 aliphatic carbocycles. The van der Waals surface area contributed by atoms with Gasteiger partial charge in [-0.15, -0.1) is 0 Å². The summed E-state index contributed by atoms with van der Waals surface area (Å²) in [5, 5.41) is 0. The number of anilines is 1. The molecule has 21 heavy (non-hydrogen) atoms. The highest BCUT2D eigenvalue weighted by atomic mass is 16.5. The summed E-state index contributed by atoms with van der Waals surface area (Å²) in [7, 11) is 0. The topological polar surface area (TPSA) is 29.5 Å². The number of hydrogen-bond donors (Lipinski definition) is 0. The van der Waals surface area contributed by atoms with E-state index in [1.807, 2.05) is 69.3 Å². The summed E-state index contributed by atoms with van der Waals surface area (Å²) in [5.74, 6) is 0.765. The van der Waals surface area contributed by atoms with Gasteiger partial charge in [-0.3, -0.25) is 4.79 Å². The molecule has 3 heteroatoms. The number of rotatable bonds is 5. The van der Waals surface area contributed by atoms with E-state index in [4.69, 9.17) is 4.74 Å². The minimum Gasteiger partial charge on any atom is -0.483 e. The number of amides is 1. The van der Waals surface area contributed by atoms with Crippen molar-refractivity contribution in [3.05, 3.63) is 59.7 Å². The number of carbonyl (C=O) groups is 1. The van der Waals surface area contributed by atoms with Gasteiger partial charge >= 0.3 is 0 Å². The maximum atomic E-state index is 12.4. The van der Waals surface area contributed by atoms with E-state index >= 15 is 0 Å². The molecule has 0 saturated carbocycles. The lowest BCUT2D eigenvalue weighted by Crippen LogP contribution is -2.34. The van der Waals surface area contributed by atoms with Gasteiger partial charge in [0.1, 0.15) is 5.75 Å². The first kappa shape index (κ1) is 15.1. The lowest BCUT2D eigenvalue weighted by Gasteiger charge is -2.21. The van der Waals surface area contributed by atoms with Crippen LogP contribution in [0.3, 0.4) is 0 Å². The number of nitrogens with zero attached hydrogens (tertiary/aromatic N) is 1. The van der Waals surface area contributed by atoms with E-state index in [0.29, 0.717) is 6.54 Å². The van der Waals surface area contributed by atoms with E-state index in [1.54, 1.807) is 4.90 Å². The number of ether oxygens (including phenoxy) is 1. The maximum absolute atomic E-state index is 12.4. The second kappa shape index (κ2) is 6.93. The van der Waals surface area contributed by atoms with Crippen LogP contribution in [-0.4, -0.2) is 19.1 Å². The molecule has 1 amide bonds. The number of carbonyl (C=O) groups excluding carboxylic acids is 1. The van der Waals surface area contributed by atoms with Crippen LogP contribution in [0.15, 0.2) is 48.5 Å². The second-order valence-corrected chi connectivity index (χ2v) is 4.98. The number of benzene rings is 2. The van der Waals surface area contributed by atoms with Gasteiger partial charge in [-0.2, -0.15) is 0 Å². The lowest BCUT2D eigenvalue weighted by molar-refractivity contribution is -0.120. The highest BCUT2D eigenvalue weighted by molar-refractivity contribution is 5.94. The quantitative estimate of drug-likeness (QED) is 0.836. The van der Waals surface area contributed by atoms with Crippen LogP contribution in [-0.2, 0) is 4.79 Å². The molecule has 2 aromatic carbocycles. The van der Waals surface area contributed by atoms with Gasteiger partial charge in [0.25, 0.3) is 5.91 Å². The number of hydrogen-bond acceptors (Lipinski definition) is 2. The molecule has 0 aliphatic heterocycles. The molecule has 0 fully saturated rings. The van der Waals surface area contributed by atoms with Crippen LogP contribution in [0.2, 0.25) is 0 Å². The Kier molecular flexibility index (Phi) is 4.99. The summed E-state index contributed by atoms with van der Waals surface area (Å²) >= 11 is 0. The lowest BCUT2D eigenvalue weighted by atomic mass is 10.1. The molecule has 3 nitrogen and oxygen atoms in total. The molecule has 0 atom stereocenters. The van der Waals surface area contributed by atoms with Crippen LogP contribution < -0.4 is 9.64 Å². The first-order valence-electron chi connectivity index (χ1n) is 7.18. The zero-order valence-corrected chi connectivity index (χ0v) is 12.8. The first-order valence-corrected chi connectivity index (χ1v) is 7.18. The summed E-state index contributed by atoms with van der Waals surface area (Å²) in [6.07, 6.45) is 0. The van der Waals surface area contributed by atoms with Gasteiger partial charge in [-0.25, -0.2) is 0 Å². The van der Waals surface area contributed by atoms with Crippen molar-refractivity contribution in [1.82, 2.24) is 0 Å². The minimum atomic E-state index is -0.0358. The smallest absolute Gasteiger partial charge is 0.264 e. The monoisotopic (exact) mass is 283 g/mol. The van der Waals surface area contributed by atoms with Gasteiger partial charge in [0.15, 0.2) is 6.61 Å². The highest BCUT2D eigenvalue weighted by Crippen LogP contribution is 2.22. The third-order valence-electron chi connectivity index (χ3n) is 3.43. The van der Waals surface area contributed by atoms with Gasteiger partial charge in [0, 0.05) is 12.2 Å². The van der Waals surface area contributed by atoms with Crippen molar-refractivity contribution in [3.8, 4) is 5.75 Å². The molecule has 0 unspecified atom stereocenters. The summed E-state index contributed by atoms with van der Waals surface area (Å²) in [6, 6.07) is 15.6. The Morgan fingerprint density at radius 1 is 1.00 bits per heavy atom. The first-order chi connectivity index (χ1) is 10.1. The Labute approximate surface area is 126 Å². The van der Waals surface area contributed by atoms with E-state index in [1.165, 1.54) is 0 Å². The Morgan fingerprint density at radius 2 is 1.62 bits per heavy atom.